The lowest BCUT2D eigenvalue weighted by Crippen LogP contribution is -2.68. The number of hydrogen-bond donors (Lipinski definition) is 0. The summed E-state index contributed by atoms with van der Waals surface area (Å²) in [5.74, 6) is 0. The number of allylic oxidation sites excluding steroid dienone is 4. The Morgan fingerprint density at radius 2 is 1.68 bits per heavy atom. The van der Waals surface area contributed by atoms with Crippen molar-refractivity contribution in [2.24, 2.45) is 0 Å². The van der Waals surface area contributed by atoms with Gasteiger partial charge in [-0.25, -0.2) is 18.6 Å². The maximum atomic E-state index is 8.49. The van der Waals surface area contributed by atoms with Crippen LogP contribution in [0.15, 0.2) is 51.4 Å². The van der Waals surface area contributed by atoms with Crippen LogP contribution in [-0.4, -0.2) is 33.1 Å². The standard InChI is InChI=1S/C17H19N2S.ClHO4/c1-18(2)14-7-5-12-9-13-6-8-15(19(3)4)11-17(13)20-16(12)10-14;2-1(3,4)5/h5,7-8,10-11H,9H2,1-4H3;(H,2,3,4,5)/q+1;/p-1. The third kappa shape index (κ3) is 5.73. The molecular formula is C17H19ClN2O4S. The maximum absolute atomic E-state index is 8.49. The highest BCUT2D eigenvalue weighted by Gasteiger charge is 2.27. The SMILES string of the molecule is CN(C)C1=CC2=C([C+]=C1)Cc1ccc(N(C)C)cc1S2.[O-][Cl+3]([O-])([O-])[O-]. The topological polar surface area (TPSA) is 98.7 Å². The van der Waals surface area contributed by atoms with Gasteiger partial charge >= 0.3 is 0 Å². The van der Waals surface area contributed by atoms with Gasteiger partial charge in [0.15, 0.2) is 0 Å². The number of hydrogen-bond acceptors (Lipinski definition) is 7. The number of anilines is 1. The van der Waals surface area contributed by atoms with Crippen molar-refractivity contribution in [1.82, 2.24) is 4.90 Å². The number of rotatable bonds is 2. The normalized spacial score (nSPS) is 15.3. The van der Waals surface area contributed by atoms with Crippen molar-refractivity contribution in [3.05, 3.63) is 58.2 Å². The second-order valence-electron chi connectivity index (χ2n) is 5.94. The van der Waals surface area contributed by atoms with Crippen LogP contribution in [0.4, 0.5) is 5.69 Å². The molecular weight excluding hydrogens is 364 g/mol. The highest BCUT2D eigenvalue weighted by Crippen LogP contribution is 2.42. The predicted octanol–water partition coefficient (Wildman–Crippen LogP) is -1.28. The quantitative estimate of drug-likeness (QED) is 0.587. The summed E-state index contributed by atoms with van der Waals surface area (Å²) in [7, 11) is 3.37. The molecule has 0 atom stereocenters. The van der Waals surface area contributed by atoms with Crippen molar-refractivity contribution in [1.29, 1.82) is 0 Å². The zero-order chi connectivity index (χ0) is 18.8. The van der Waals surface area contributed by atoms with Crippen molar-refractivity contribution < 1.29 is 28.9 Å². The van der Waals surface area contributed by atoms with Crippen LogP contribution in [0, 0.1) is 16.3 Å². The van der Waals surface area contributed by atoms with Crippen LogP contribution < -0.4 is 23.5 Å². The molecule has 1 heterocycles. The molecule has 1 aliphatic heterocycles. The van der Waals surface area contributed by atoms with E-state index < -0.39 is 10.2 Å². The van der Waals surface area contributed by atoms with Gasteiger partial charge in [0, 0.05) is 51.3 Å². The molecule has 0 saturated heterocycles. The predicted molar refractivity (Wildman–Crippen MR) is 86.9 cm³/mol. The number of thioether (sulfide) groups is 1. The summed E-state index contributed by atoms with van der Waals surface area (Å²) in [5, 5.41) is 0. The Bertz CT molecular complexity index is 731. The van der Waals surface area contributed by atoms with Gasteiger partial charge in [0.2, 0.25) is 0 Å². The first kappa shape index (κ1) is 19.8. The molecule has 1 aromatic carbocycles. The van der Waals surface area contributed by atoms with E-state index in [1.807, 2.05) is 11.8 Å². The first-order valence-electron chi connectivity index (χ1n) is 7.36. The third-order valence-electron chi connectivity index (χ3n) is 3.64. The van der Waals surface area contributed by atoms with E-state index in [1.165, 1.54) is 32.3 Å². The van der Waals surface area contributed by atoms with Gasteiger partial charge in [-0.05, 0) is 29.5 Å². The summed E-state index contributed by atoms with van der Waals surface area (Å²) in [6, 6.07) is 6.72. The molecule has 0 saturated carbocycles. The van der Waals surface area contributed by atoms with E-state index in [0.717, 1.165) is 6.42 Å². The summed E-state index contributed by atoms with van der Waals surface area (Å²) < 4.78 is 34.0. The minimum atomic E-state index is -4.94. The molecule has 0 aromatic heterocycles. The second kappa shape index (κ2) is 7.76. The average molecular weight is 383 g/mol. The Kier molecular flexibility index (Phi) is 6.13. The van der Waals surface area contributed by atoms with E-state index in [2.05, 4.69) is 74.4 Å². The lowest BCUT2D eigenvalue weighted by atomic mass is 10.00. The minimum absolute atomic E-state index is 0.985. The monoisotopic (exact) mass is 382 g/mol. The maximum Gasteiger partial charge on any atom is 0.149 e. The molecule has 25 heavy (non-hydrogen) atoms. The Hall–Kier alpha value is -1.57. The Balaban J connectivity index is 0.000000399. The largest absolute Gasteiger partial charge is 0.378 e. The van der Waals surface area contributed by atoms with Crippen molar-refractivity contribution in [3.63, 3.8) is 0 Å². The number of likely N-dealkylation sites (N-methyl/N-ethyl adjacent to an activating group) is 1. The van der Waals surface area contributed by atoms with Crippen LogP contribution in [-0.2, 0) is 6.42 Å². The van der Waals surface area contributed by atoms with Crippen LogP contribution in [0.2, 0.25) is 0 Å². The van der Waals surface area contributed by atoms with E-state index in [9.17, 15) is 0 Å². The van der Waals surface area contributed by atoms with Gasteiger partial charge in [-0.3, -0.25) is 0 Å². The zero-order valence-electron chi connectivity index (χ0n) is 14.4. The molecule has 0 N–H and O–H groups in total. The summed E-state index contributed by atoms with van der Waals surface area (Å²) in [6.45, 7) is 0. The minimum Gasteiger partial charge on any atom is -0.378 e. The fourth-order valence-corrected chi connectivity index (χ4v) is 3.48. The van der Waals surface area contributed by atoms with E-state index in [4.69, 9.17) is 18.6 Å². The fourth-order valence-electron chi connectivity index (χ4n) is 2.35. The molecule has 0 unspecified atom stereocenters. The summed E-state index contributed by atoms with van der Waals surface area (Å²) >= 11 is 1.86. The molecule has 2 aliphatic rings. The number of nitrogens with zero attached hydrogens (tertiary/aromatic N) is 2. The van der Waals surface area contributed by atoms with Gasteiger partial charge in [-0.15, -0.1) is 10.2 Å². The lowest BCUT2D eigenvalue weighted by molar-refractivity contribution is -2.00. The van der Waals surface area contributed by atoms with Gasteiger partial charge in [0.25, 0.3) is 0 Å². The van der Waals surface area contributed by atoms with E-state index in [0.29, 0.717) is 0 Å². The van der Waals surface area contributed by atoms with E-state index in [-0.39, 0.29) is 0 Å². The average Bonchev–Trinajstić information content (AvgIpc) is 2.50. The van der Waals surface area contributed by atoms with Crippen molar-refractivity contribution in [3.8, 4) is 0 Å². The lowest BCUT2D eigenvalue weighted by Gasteiger charge is -2.20. The van der Waals surface area contributed by atoms with Gasteiger partial charge in [0.05, 0.1) is 6.08 Å². The molecule has 0 amide bonds. The zero-order valence-corrected chi connectivity index (χ0v) is 16.0. The van der Waals surface area contributed by atoms with Crippen LogP contribution in [0.25, 0.3) is 0 Å². The van der Waals surface area contributed by atoms with Crippen molar-refractivity contribution in [2.75, 3.05) is 33.1 Å². The number of halogens is 1. The van der Waals surface area contributed by atoms with Crippen molar-refractivity contribution in [2.45, 2.75) is 11.3 Å². The number of benzene rings is 1. The molecule has 8 heteroatoms. The van der Waals surface area contributed by atoms with E-state index in [1.54, 1.807) is 0 Å². The van der Waals surface area contributed by atoms with Crippen LogP contribution in [0.1, 0.15) is 5.56 Å². The molecule has 0 fully saturated rings. The fraction of sp³-hybridized carbons (Fsp3) is 0.294. The molecule has 0 radical (unpaired) electrons. The highest BCUT2D eigenvalue weighted by molar-refractivity contribution is 8.03. The van der Waals surface area contributed by atoms with E-state index >= 15 is 0 Å². The van der Waals surface area contributed by atoms with Crippen molar-refractivity contribution >= 4 is 17.4 Å². The van der Waals surface area contributed by atoms with Crippen LogP contribution >= 0.6 is 11.8 Å². The molecule has 1 aliphatic carbocycles. The molecule has 1 aromatic rings. The van der Waals surface area contributed by atoms with Gasteiger partial charge in [0.1, 0.15) is 22.3 Å². The third-order valence-corrected chi connectivity index (χ3v) is 4.83. The molecule has 0 bridgehead atoms. The Morgan fingerprint density at radius 3 is 2.24 bits per heavy atom. The molecule has 3 rings (SSSR count). The summed E-state index contributed by atoms with van der Waals surface area (Å²) in [5.41, 5.74) is 5.18. The van der Waals surface area contributed by atoms with Gasteiger partial charge in [-0.1, -0.05) is 6.07 Å². The first-order valence-corrected chi connectivity index (χ1v) is 9.41. The summed E-state index contributed by atoms with van der Waals surface area (Å²) in [4.78, 5) is 6.98. The molecule has 0 spiro atoms. The van der Waals surface area contributed by atoms with Crippen LogP contribution in [0.3, 0.4) is 0 Å². The molecule has 6 nitrogen and oxygen atoms in total. The Labute approximate surface area is 154 Å². The molecule has 134 valence electrons. The highest BCUT2D eigenvalue weighted by atomic mass is 35.7. The number of fused-ring (bicyclic) bond motifs is 1. The second-order valence-corrected chi connectivity index (χ2v) is 7.78. The first-order chi connectivity index (χ1) is 11.5. The van der Waals surface area contributed by atoms with Gasteiger partial charge in [-0.2, -0.15) is 0 Å². The van der Waals surface area contributed by atoms with Crippen LogP contribution in [0.5, 0.6) is 0 Å². The Morgan fingerprint density at radius 1 is 1.04 bits per heavy atom. The van der Waals surface area contributed by atoms with Gasteiger partial charge < -0.3 is 9.80 Å². The summed E-state index contributed by atoms with van der Waals surface area (Å²) in [6.07, 6.45) is 8.78. The smallest absolute Gasteiger partial charge is 0.149 e.